The molecule has 3 heteroatoms. The smallest absolute Gasteiger partial charge is 0.201 e. The van der Waals surface area contributed by atoms with Crippen LogP contribution in [0.4, 0.5) is 8.78 Å². The van der Waals surface area contributed by atoms with Crippen molar-refractivity contribution >= 4 is 0 Å². The van der Waals surface area contributed by atoms with Gasteiger partial charge in [-0.2, -0.15) is 4.39 Å². The molecule has 0 bridgehead atoms. The van der Waals surface area contributed by atoms with E-state index in [0.717, 1.165) is 5.92 Å². The predicted octanol–water partition coefficient (Wildman–Crippen LogP) is 8.01. The molecule has 1 aliphatic rings. The molecular weight excluding hydrogens is 354 g/mol. The van der Waals surface area contributed by atoms with Gasteiger partial charge in [-0.25, -0.2) is 4.39 Å². The summed E-state index contributed by atoms with van der Waals surface area (Å²) in [5.41, 5.74) is 2.26. The largest absolute Gasteiger partial charge is 0.462 e. The van der Waals surface area contributed by atoms with E-state index in [1.165, 1.54) is 62.8 Å². The second-order valence-corrected chi connectivity index (χ2v) is 7.81. The van der Waals surface area contributed by atoms with Gasteiger partial charge in [-0.05, 0) is 67.7 Å². The number of allylic oxidation sites excluding steroid dienone is 1. The molecule has 1 fully saturated rings. The first-order valence-electron chi connectivity index (χ1n) is 10.5. The number of halogens is 2. The van der Waals surface area contributed by atoms with Crippen molar-refractivity contribution in [3.63, 3.8) is 0 Å². The molecule has 0 aliphatic heterocycles. The van der Waals surface area contributed by atoms with Gasteiger partial charge in [-0.1, -0.05) is 56.5 Å². The quantitative estimate of drug-likeness (QED) is 0.439. The Bertz CT molecular complexity index is 787. The summed E-state index contributed by atoms with van der Waals surface area (Å²) in [7, 11) is 0. The number of rotatable bonds is 7. The fourth-order valence-corrected chi connectivity index (χ4v) is 4.20. The van der Waals surface area contributed by atoms with Crippen molar-refractivity contribution in [2.75, 3.05) is 0 Å². The van der Waals surface area contributed by atoms with E-state index in [1.807, 2.05) is 12.1 Å². The van der Waals surface area contributed by atoms with E-state index in [4.69, 9.17) is 4.74 Å². The van der Waals surface area contributed by atoms with Crippen LogP contribution in [0.5, 0.6) is 5.75 Å². The fourth-order valence-electron chi connectivity index (χ4n) is 4.20. The topological polar surface area (TPSA) is 9.23 Å². The van der Waals surface area contributed by atoms with Gasteiger partial charge in [0.25, 0.3) is 0 Å². The summed E-state index contributed by atoms with van der Waals surface area (Å²) in [4.78, 5) is 0. The summed E-state index contributed by atoms with van der Waals surface area (Å²) in [5, 5.41) is 0. The van der Waals surface area contributed by atoms with Crippen LogP contribution in [0, 0.1) is 17.6 Å². The molecule has 0 unspecified atom stereocenters. The molecule has 0 amide bonds. The molecule has 1 nitrogen and oxygen atoms in total. The molecular formula is C25H30F2O. The zero-order valence-electron chi connectivity index (χ0n) is 16.9. The lowest BCUT2D eigenvalue weighted by molar-refractivity contribution is 0.304. The normalized spacial score (nSPS) is 19.9. The van der Waals surface area contributed by atoms with Crippen molar-refractivity contribution in [3.05, 3.63) is 65.9 Å². The third kappa shape index (κ3) is 4.81. The second-order valence-electron chi connectivity index (χ2n) is 7.81. The maximum atomic E-state index is 14.5. The average molecular weight is 385 g/mol. The van der Waals surface area contributed by atoms with Crippen LogP contribution in [-0.4, -0.2) is 0 Å². The summed E-state index contributed by atoms with van der Waals surface area (Å²) in [5.74, 6) is -0.451. The lowest BCUT2D eigenvalue weighted by atomic mass is 9.77. The molecule has 0 radical (unpaired) electrons. The van der Waals surface area contributed by atoms with E-state index in [0.29, 0.717) is 11.5 Å². The predicted molar refractivity (Wildman–Crippen MR) is 111 cm³/mol. The molecule has 1 saturated carbocycles. The van der Waals surface area contributed by atoms with Crippen LogP contribution >= 0.6 is 0 Å². The number of benzene rings is 2. The average Bonchev–Trinajstić information content (AvgIpc) is 2.74. The highest BCUT2D eigenvalue weighted by molar-refractivity contribution is 5.65. The standard InChI is InChI=1S/C25H30F2O/c1-3-5-6-18-7-9-19(10-8-18)20-11-13-21(14-12-20)22-15-16-23(28-17-4-2)25(27)24(22)26/h4,11-19H,3,5-10H2,1-2H3/b17-4-. The van der Waals surface area contributed by atoms with Crippen LogP contribution in [0.25, 0.3) is 11.1 Å². The van der Waals surface area contributed by atoms with Gasteiger partial charge in [0.1, 0.15) is 0 Å². The number of unbranched alkanes of at least 4 members (excludes halogenated alkanes) is 1. The highest BCUT2D eigenvalue weighted by Gasteiger charge is 2.22. The van der Waals surface area contributed by atoms with Gasteiger partial charge in [0.15, 0.2) is 11.6 Å². The maximum Gasteiger partial charge on any atom is 0.201 e. The summed E-state index contributed by atoms with van der Waals surface area (Å²) in [6, 6.07) is 11.0. The first-order chi connectivity index (χ1) is 13.6. The summed E-state index contributed by atoms with van der Waals surface area (Å²) in [6.07, 6.45) is 12.0. The van der Waals surface area contributed by atoms with Crippen molar-refractivity contribution < 1.29 is 13.5 Å². The number of ether oxygens (including phenoxy) is 1. The Morgan fingerprint density at radius 3 is 2.32 bits per heavy atom. The van der Waals surface area contributed by atoms with Crippen LogP contribution < -0.4 is 4.74 Å². The first kappa shape index (κ1) is 20.6. The maximum absolute atomic E-state index is 14.5. The van der Waals surface area contributed by atoms with Gasteiger partial charge in [0.2, 0.25) is 5.82 Å². The van der Waals surface area contributed by atoms with E-state index in [9.17, 15) is 8.78 Å². The van der Waals surface area contributed by atoms with Gasteiger partial charge < -0.3 is 4.74 Å². The van der Waals surface area contributed by atoms with Crippen molar-refractivity contribution in [1.82, 2.24) is 0 Å². The Balaban J connectivity index is 1.69. The van der Waals surface area contributed by atoms with E-state index in [1.54, 1.807) is 19.1 Å². The van der Waals surface area contributed by atoms with E-state index in [-0.39, 0.29) is 11.3 Å². The number of hydrogen-bond donors (Lipinski definition) is 0. The summed E-state index contributed by atoms with van der Waals surface area (Å²) in [6.45, 7) is 4.01. The minimum Gasteiger partial charge on any atom is -0.462 e. The Labute approximate surface area is 167 Å². The van der Waals surface area contributed by atoms with Crippen LogP contribution in [-0.2, 0) is 0 Å². The zero-order chi connectivity index (χ0) is 19.9. The molecule has 2 aromatic carbocycles. The highest BCUT2D eigenvalue weighted by atomic mass is 19.2. The Kier molecular flexibility index (Phi) is 7.24. The summed E-state index contributed by atoms with van der Waals surface area (Å²) < 4.78 is 33.8. The second kappa shape index (κ2) is 9.86. The Morgan fingerprint density at radius 1 is 0.964 bits per heavy atom. The van der Waals surface area contributed by atoms with Gasteiger partial charge in [0.05, 0.1) is 6.26 Å². The van der Waals surface area contributed by atoms with Crippen LogP contribution in [0.15, 0.2) is 48.7 Å². The molecule has 0 heterocycles. The van der Waals surface area contributed by atoms with Crippen molar-refractivity contribution in [2.24, 2.45) is 5.92 Å². The lowest BCUT2D eigenvalue weighted by Crippen LogP contribution is -2.13. The van der Waals surface area contributed by atoms with E-state index < -0.39 is 11.6 Å². The summed E-state index contributed by atoms with van der Waals surface area (Å²) >= 11 is 0. The molecule has 0 spiro atoms. The Hall–Kier alpha value is -2.16. The van der Waals surface area contributed by atoms with Gasteiger partial charge in [-0.15, -0.1) is 0 Å². The lowest BCUT2D eigenvalue weighted by Gasteiger charge is -2.29. The molecule has 0 N–H and O–H groups in total. The molecule has 150 valence electrons. The fraction of sp³-hybridized carbons (Fsp3) is 0.440. The van der Waals surface area contributed by atoms with Crippen molar-refractivity contribution in [3.8, 4) is 16.9 Å². The Morgan fingerprint density at radius 2 is 1.68 bits per heavy atom. The molecule has 28 heavy (non-hydrogen) atoms. The monoisotopic (exact) mass is 384 g/mol. The van der Waals surface area contributed by atoms with Gasteiger partial charge >= 0.3 is 0 Å². The zero-order valence-corrected chi connectivity index (χ0v) is 16.9. The molecule has 2 aromatic rings. The van der Waals surface area contributed by atoms with Crippen LogP contribution in [0.2, 0.25) is 0 Å². The third-order valence-corrected chi connectivity index (χ3v) is 5.88. The molecule has 0 saturated heterocycles. The SMILES string of the molecule is C/C=C\Oc1ccc(-c2ccc(C3CCC(CCCC)CC3)cc2)c(F)c1F. The minimum absolute atomic E-state index is 0.101. The van der Waals surface area contributed by atoms with E-state index in [2.05, 4.69) is 19.1 Å². The molecule has 0 aromatic heterocycles. The first-order valence-corrected chi connectivity index (χ1v) is 10.5. The highest BCUT2D eigenvalue weighted by Crippen LogP contribution is 2.38. The molecule has 3 rings (SSSR count). The third-order valence-electron chi connectivity index (χ3n) is 5.88. The van der Waals surface area contributed by atoms with Crippen LogP contribution in [0.3, 0.4) is 0 Å². The van der Waals surface area contributed by atoms with E-state index >= 15 is 0 Å². The van der Waals surface area contributed by atoms with Crippen molar-refractivity contribution in [1.29, 1.82) is 0 Å². The van der Waals surface area contributed by atoms with Crippen LogP contribution in [0.1, 0.15) is 70.3 Å². The number of hydrogen-bond acceptors (Lipinski definition) is 1. The van der Waals surface area contributed by atoms with Gasteiger partial charge in [0, 0.05) is 5.56 Å². The molecule has 0 atom stereocenters. The molecule has 1 aliphatic carbocycles. The van der Waals surface area contributed by atoms with Gasteiger partial charge in [-0.3, -0.25) is 0 Å². The minimum atomic E-state index is -0.954. The van der Waals surface area contributed by atoms with Crippen molar-refractivity contribution in [2.45, 2.75) is 64.7 Å².